The highest BCUT2D eigenvalue weighted by Gasteiger charge is 2.21. The highest BCUT2D eigenvalue weighted by Crippen LogP contribution is 2.02. The number of carboxylic acid groups (broad SMARTS) is 1. The van der Waals surface area contributed by atoms with Gasteiger partial charge in [0.25, 0.3) is 6.43 Å². The van der Waals surface area contributed by atoms with Crippen LogP contribution in [0, 0.1) is 5.41 Å². The summed E-state index contributed by atoms with van der Waals surface area (Å²) in [5.74, 6) is -2.30. The van der Waals surface area contributed by atoms with Crippen LogP contribution in [0.3, 0.4) is 0 Å². The Labute approximate surface area is 110 Å². The molecule has 104 valence electrons. The summed E-state index contributed by atoms with van der Waals surface area (Å²) in [6, 6.07) is -1.14. The fourth-order valence-corrected chi connectivity index (χ4v) is 1.00. The van der Waals surface area contributed by atoms with Crippen molar-refractivity contribution >= 4 is 36.6 Å². The number of hydrogen-bond donors (Lipinski definition) is 4. The smallest absolute Gasteiger partial charge is 0.326 e. The van der Waals surface area contributed by atoms with Gasteiger partial charge in [0.15, 0.2) is 5.84 Å². The number of aliphatic carboxylic acids is 1. The van der Waals surface area contributed by atoms with E-state index in [0.717, 1.165) is 0 Å². The number of carboxylic acids is 1. The van der Waals surface area contributed by atoms with E-state index in [1.165, 1.54) is 0 Å². The van der Waals surface area contributed by atoms with Gasteiger partial charge < -0.3 is 16.2 Å². The molecule has 0 bridgehead atoms. The summed E-state index contributed by atoms with van der Waals surface area (Å²) in [6.07, 6.45) is -1.63. The number of nitrogens with one attached hydrogen (secondary N) is 2. The van der Waals surface area contributed by atoms with E-state index in [-0.39, 0.29) is 31.2 Å². The molecule has 0 heterocycles. The minimum absolute atomic E-state index is 0. The van der Waals surface area contributed by atoms with Gasteiger partial charge in [-0.25, -0.2) is 13.6 Å². The molecule has 0 aliphatic heterocycles. The van der Waals surface area contributed by atoms with Crippen LogP contribution in [-0.2, 0) is 4.79 Å². The Balaban J connectivity index is -0.000000980. The normalized spacial score (nSPS) is 11.1. The highest BCUT2D eigenvalue weighted by molar-refractivity contribution is 5.87. The summed E-state index contributed by atoms with van der Waals surface area (Å²) in [5, 5.41) is 17.4. The molecule has 5 nitrogen and oxygen atoms in total. The number of hydrogen-bond acceptors (Lipinski definition) is 3. The number of alkyl halides is 2. The molecule has 0 aromatic heterocycles. The van der Waals surface area contributed by atoms with Gasteiger partial charge >= 0.3 is 5.97 Å². The molecule has 0 fully saturated rings. The van der Waals surface area contributed by atoms with Crippen molar-refractivity contribution in [3.05, 3.63) is 0 Å². The van der Waals surface area contributed by atoms with Crippen LogP contribution in [0.2, 0.25) is 0 Å². The zero-order valence-electron chi connectivity index (χ0n) is 8.99. The van der Waals surface area contributed by atoms with E-state index < -0.39 is 24.3 Å². The zero-order valence-corrected chi connectivity index (χ0v) is 10.6. The third-order valence-electron chi connectivity index (χ3n) is 1.79. The van der Waals surface area contributed by atoms with Crippen molar-refractivity contribution in [3.8, 4) is 0 Å². The van der Waals surface area contributed by atoms with Crippen LogP contribution in [0.4, 0.5) is 8.78 Å². The summed E-state index contributed by atoms with van der Waals surface area (Å²) in [7, 11) is 0. The second-order valence-corrected chi connectivity index (χ2v) is 3.03. The van der Waals surface area contributed by atoms with Gasteiger partial charge in [0.05, 0.1) is 0 Å². The minimum Gasteiger partial charge on any atom is -0.480 e. The van der Waals surface area contributed by atoms with Crippen molar-refractivity contribution in [2.75, 3.05) is 6.54 Å². The molecular formula is C8H17Cl2F2N3O2. The monoisotopic (exact) mass is 295 g/mol. The minimum atomic E-state index is -2.97. The average molecular weight is 296 g/mol. The van der Waals surface area contributed by atoms with E-state index in [9.17, 15) is 13.6 Å². The fraction of sp³-hybridized carbons (Fsp3) is 0.750. The molecule has 0 saturated carbocycles. The fourth-order valence-electron chi connectivity index (χ4n) is 1.00. The first kappa shape index (κ1) is 21.6. The van der Waals surface area contributed by atoms with Gasteiger partial charge in [-0.1, -0.05) is 0 Å². The van der Waals surface area contributed by atoms with E-state index in [4.69, 9.17) is 16.2 Å². The molecule has 0 aromatic rings. The van der Waals surface area contributed by atoms with Crippen LogP contribution in [0.15, 0.2) is 0 Å². The number of rotatable bonds is 7. The van der Waals surface area contributed by atoms with Gasteiger partial charge in [0, 0.05) is 0 Å². The molecule has 5 N–H and O–H groups in total. The topological polar surface area (TPSA) is 99.2 Å². The zero-order chi connectivity index (χ0) is 11.8. The van der Waals surface area contributed by atoms with Gasteiger partial charge in [-0.3, -0.25) is 5.41 Å². The Kier molecular flexibility index (Phi) is 15.0. The lowest BCUT2D eigenvalue weighted by Gasteiger charge is -2.15. The lowest BCUT2D eigenvalue weighted by molar-refractivity contribution is -0.139. The standard InChI is InChI=1S/C8H15F2N3O2.2ClH/c9-6(10)7(12)13-5(8(14)15)3-1-2-4-11;;/h5-6H,1-4,11H2,(H2,12,13)(H,14,15);2*1H/t5-;;/m0../s1. The van der Waals surface area contributed by atoms with Crippen molar-refractivity contribution in [1.29, 1.82) is 5.41 Å². The molecule has 17 heavy (non-hydrogen) atoms. The Morgan fingerprint density at radius 3 is 2.24 bits per heavy atom. The SMILES string of the molecule is Cl.Cl.N=C(N[C@@H](CCCCN)C(=O)O)C(F)F. The van der Waals surface area contributed by atoms with Crippen LogP contribution < -0.4 is 11.1 Å². The van der Waals surface area contributed by atoms with Crippen LogP contribution in [-0.4, -0.2) is 35.9 Å². The van der Waals surface area contributed by atoms with Gasteiger partial charge in [-0.05, 0) is 25.8 Å². The summed E-state index contributed by atoms with van der Waals surface area (Å²) < 4.78 is 23.9. The molecule has 0 rings (SSSR count). The molecule has 1 atom stereocenters. The third kappa shape index (κ3) is 10.2. The number of carbonyl (C=O) groups is 1. The predicted molar refractivity (Wildman–Crippen MR) is 65.7 cm³/mol. The largest absolute Gasteiger partial charge is 0.480 e. The summed E-state index contributed by atoms with van der Waals surface area (Å²) in [5.41, 5.74) is 5.21. The molecule has 0 unspecified atom stereocenters. The average Bonchev–Trinajstić information content (AvgIpc) is 2.15. The molecule has 0 saturated heterocycles. The van der Waals surface area contributed by atoms with Gasteiger partial charge in [0.2, 0.25) is 0 Å². The Hall–Kier alpha value is -0.660. The van der Waals surface area contributed by atoms with Crippen molar-refractivity contribution in [2.45, 2.75) is 31.7 Å². The van der Waals surface area contributed by atoms with Gasteiger partial charge in [-0.2, -0.15) is 0 Å². The number of halogens is 4. The molecule has 9 heteroatoms. The van der Waals surface area contributed by atoms with Gasteiger partial charge in [-0.15, -0.1) is 24.8 Å². The van der Waals surface area contributed by atoms with Crippen molar-refractivity contribution in [3.63, 3.8) is 0 Å². The highest BCUT2D eigenvalue weighted by atomic mass is 35.5. The van der Waals surface area contributed by atoms with Gasteiger partial charge in [0.1, 0.15) is 6.04 Å². The third-order valence-corrected chi connectivity index (χ3v) is 1.79. The molecular weight excluding hydrogens is 279 g/mol. The van der Waals surface area contributed by atoms with E-state index >= 15 is 0 Å². The second kappa shape index (κ2) is 11.8. The van der Waals surface area contributed by atoms with Crippen molar-refractivity contribution < 1.29 is 18.7 Å². The van der Waals surface area contributed by atoms with E-state index in [1.807, 2.05) is 5.32 Å². The first-order valence-electron chi connectivity index (χ1n) is 4.55. The summed E-state index contributed by atoms with van der Waals surface area (Å²) in [6.45, 7) is 0.429. The predicted octanol–water partition coefficient (Wildman–Crippen LogP) is 1.24. The van der Waals surface area contributed by atoms with Crippen LogP contribution >= 0.6 is 24.8 Å². The van der Waals surface area contributed by atoms with Crippen LogP contribution in [0.1, 0.15) is 19.3 Å². The molecule has 0 aromatic carbocycles. The molecule has 0 spiro atoms. The molecule has 0 aliphatic rings. The molecule has 0 aliphatic carbocycles. The molecule has 0 radical (unpaired) electrons. The maximum Gasteiger partial charge on any atom is 0.326 e. The second-order valence-electron chi connectivity index (χ2n) is 3.03. The lowest BCUT2D eigenvalue weighted by atomic mass is 10.1. The Morgan fingerprint density at radius 1 is 1.35 bits per heavy atom. The van der Waals surface area contributed by atoms with Crippen LogP contribution in [0.5, 0.6) is 0 Å². The lowest BCUT2D eigenvalue weighted by Crippen LogP contribution is -2.43. The maximum atomic E-state index is 11.9. The van der Waals surface area contributed by atoms with E-state index in [1.54, 1.807) is 0 Å². The Morgan fingerprint density at radius 2 is 1.88 bits per heavy atom. The summed E-state index contributed by atoms with van der Waals surface area (Å²) in [4.78, 5) is 10.6. The maximum absolute atomic E-state index is 11.9. The first-order chi connectivity index (χ1) is 6.99. The molecule has 0 amide bonds. The summed E-state index contributed by atoms with van der Waals surface area (Å²) >= 11 is 0. The first-order valence-corrected chi connectivity index (χ1v) is 4.55. The van der Waals surface area contributed by atoms with Crippen LogP contribution in [0.25, 0.3) is 0 Å². The van der Waals surface area contributed by atoms with E-state index in [0.29, 0.717) is 19.4 Å². The van der Waals surface area contributed by atoms with Crippen molar-refractivity contribution in [1.82, 2.24) is 5.32 Å². The van der Waals surface area contributed by atoms with E-state index in [2.05, 4.69) is 0 Å². The Bertz CT molecular complexity index is 233. The number of unbranched alkanes of at least 4 members (excludes halogenated alkanes) is 1. The van der Waals surface area contributed by atoms with Crippen molar-refractivity contribution in [2.24, 2.45) is 5.73 Å². The quantitative estimate of drug-likeness (QED) is 0.323. The number of amidine groups is 1. The number of nitrogens with two attached hydrogens (primary N) is 1.